The predicted octanol–water partition coefficient (Wildman–Crippen LogP) is 14.8. The van der Waals surface area contributed by atoms with Crippen LogP contribution in [-0.4, -0.2) is 22.4 Å². The molecule has 1 aromatic heterocycles. The summed E-state index contributed by atoms with van der Waals surface area (Å²) < 4.78 is 40.5. The lowest BCUT2D eigenvalue weighted by molar-refractivity contribution is 0.194. The maximum atomic E-state index is 9.85. The van der Waals surface area contributed by atoms with E-state index in [4.69, 9.17) is 1.37 Å². The molecule has 0 saturated heterocycles. The topological polar surface area (TPSA) is 11.4 Å². The fourth-order valence-corrected chi connectivity index (χ4v) is 16.0. The lowest BCUT2D eigenvalue weighted by Crippen LogP contribution is -2.64. The number of hydrogen-bond acceptors (Lipinski definition) is 2. The van der Waals surface area contributed by atoms with Crippen molar-refractivity contribution in [2.75, 3.05) is 9.80 Å². The molecule has 2 fully saturated rings. The molecule has 4 atom stereocenters. The van der Waals surface area contributed by atoms with Crippen LogP contribution in [0.1, 0.15) is 173 Å². The summed E-state index contributed by atoms with van der Waals surface area (Å²) in [5.74, 6) is 0. The molecule has 0 N–H and O–H groups in total. The average Bonchev–Trinajstić information content (AvgIpc) is 3.97. The van der Waals surface area contributed by atoms with Crippen LogP contribution in [0.3, 0.4) is 0 Å². The van der Waals surface area contributed by atoms with Crippen molar-refractivity contribution in [3.63, 3.8) is 0 Å². The van der Waals surface area contributed by atoms with E-state index in [0.717, 1.165) is 49.8 Å². The highest BCUT2D eigenvalue weighted by molar-refractivity contribution is 7.00. The Morgan fingerprint density at radius 2 is 1.20 bits per heavy atom. The van der Waals surface area contributed by atoms with Gasteiger partial charge in [-0.25, -0.2) is 0 Å². The lowest BCUT2D eigenvalue weighted by atomic mass is 9.33. The smallest absolute Gasteiger partial charge is 0.252 e. The van der Waals surface area contributed by atoms with Gasteiger partial charge in [0.2, 0.25) is 0 Å². The first kappa shape index (κ1) is 38.3. The van der Waals surface area contributed by atoms with E-state index in [1.807, 2.05) is 0 Å². The van der Waals surface area contributed by atoms with Crippen LogP contribution in [-0.2, 0) is 27.1 Å². The van der Waals surface area contributed by atoms with E-state index < -0.39 is 11.0 Å². The van der Waals surface area contributed by atoms with Gasteiger partial charge >= 0.3 is 0 Å². The molecule has 0 radical (unpaired) electrons. The first-order chi connectivity index (χ1) is 34.4. The zero-order chi connectivity index (χ0) is 51.2. The maximum Gasteiger partial charge on any atom is 0.252 e. The number of benzene rings is 6. The van der Waals surface area contributed by atoms with Crippen molar-refractivity contribution < 1.29 is 5.48 Å². The molecule has 0 amide bonds. The van der Waals surface area contributed by atoms with Crippen LogP contribution >= 0.6 is 0 Å². The Balaban J connectivity index is 1.17. The summed E-state index contributed by atoms with van der Waals surface area (Å²) >= 11 is 0. The molecule has 3 nitrogen and oxygen atoms in total. The number of anilines is 4. The molecule has 5 heterocycles. The SMILES string of the molecule is [2H]c1c([2H])c([2H])c2c(c1[2H])N(c1cc3c4c(c1)-n1c5c(c6cc(C(C)(C)C)cc(c61)B4c1cc(-c4ccc(C(C)(C)C)cc4)cc4c1N3C1(C)CCCCC41C)C(C)(C)c1ccccc1-5)C1(C)CCCCC21C. The van der Waals surface area contributed by atoms with Crippen molar-refractivity contribution in [3.05, 3.63) is 142 Å². The van der Waals surface area contributed by atoms with E-state index in [2.05, 4.69) is 182 Å². The first-order valence-corrected chi connectivity index (χ1v) is 26.4. The molecular formula is C65H70BN3. The molecule has 7 aliphatic rings. The summed E-state index contributed by atoms with van der Waals surface area (Å²) in [5, 5.41) is 1.34. The second kappa shape index (κ2) is 13.1. The number of rotatable bonds is 2. The molecular weight excluding hydrogens is 834 g/mol. The van der Waals surface area contributed by atoms with Gasteiger partial charge in [0.1, 0.15) is 0 Å². The van der Waals surface area contributed by atoms with Crippen molar-refractivity contribution in [1.82, 2.24) is 4.57 Å². The number of aromatic nitrogens is 1. The highest BCUT2D eigenvalue weighted by Crippen LogP contribution is 2.65. The molecule has 2 saturated carbocycles. The lowest BCUT2D eigenvalue weighted by Gasteiger charge is -2.53. The van der Waals surface area contributed by atoms with E-state index in [1.165, 1.54) is 107 Å². The molecule has 4 aliphatic heterocycles. The van der Waals surface area contributed by atoms with Crippen molar-refractivity contribution in [3.8, 4) is 28.1 Å². The van der Waals surface area contributed by atoms with E-state index in [-0.39, 0.29) is 58.1 Å². The quantitative estimate of drug-likeness (QED) is 0.160. The highest BCUT2D eigenvalue weighted by Gasteiger charge is 2.63. The Hall–Kier alpha value is -5.48. The Morgan fingerprint density at radius 1 is 0.565 bits per heavy atom. The number of para-hydroxylation sites is 1. The summed E-state index contributed by atoms with van der Waals surface area (Å²) in [6, 6.07) is 33.8. The molecule has 6 aromatic carbocycles. The van der Waals surface area contributed by atoms with Crippen LogP contribution < -0.4 is 26.2 Å². The predicted molar refractivity (Wildman–Crippen MR) is 294 cm³/mol. The number of fused-ring (bicyclic) bond motifs is 15. The van der Waals surface area contributed by atoms with E-state index >= 15 is 0 Å². The zero-order valence-electron chi connectivity index (χ0n) is 47.2. The molecule has 69 heavy (non-hydrogen) atoms. The van der Waals surface area contributed by atoms with Gasteiger partial charge in [-0.1, -0.05) is 174 Å². The van der Waals surface area contributed by atoms with E-state index in [9.17, 15) is 4.11 Å². The maximum absolute atomic E-state index is 9.85. The summed E-state index contributed by atoms with van der Waals surface area (Å²) in [5.41, 5.74) is 22.1. The minimum Gasteiger partial charge on any atom is -0.335 e. The minimum absolute atomic E-state index is 0.0547. The van der Waals surface area contributed by atoms with Crippen LogP contribution in [0.5, 0.6) is 0 Å². The van der Waals surface area contributed by atoms with Gasteiger partial charge in [0.05, 0.1) is 22.3 Å². The molecule has 4 heteroatoms. The second-order valence-corrected chi connectivity index (χ2v) is 26.1. The summed E-state index contributed by atoms with van der Waals surface area (Å²) in [4.78, 5) is 5.29. The van der Waals surface area contributed by atoms with Crippen LogP contribution in [0.25, 0.3) is 39.0 Å². The van der Waals surface area contributed by atoms with Crippen LogP contribution in [0, 0.1) is 0 Å². The molecule has 4 unspecified atom stereocenters. The van der Waals surface area contributed by atoms with Gasteiger partial charge in [0.15, 0.2) is 0 Å². The van der Waals surface area contributed by atoms with Gasteiger partial charge < -0.3 is 14.4 Å². The standard InChI is InChI=1S/C65H70BN3/c1-59(2,3)41-27-25-39(26-28-41)40-33-48-58-49(34-40)66-50-36-42(60(4,5)6)35-45-54-57(44-21-13-14-22-46(44)61(54,7)8)67(56(45)50)52-37-43(38-53(55(52)66)69(58)65(12)32-20-18-30-63(48,65)10)68-51-24-16-15-23-47(51)62(9)29-17-19-31-64(62,68)11/h13-16,21-28,33-38H,17-20,29-32H2,1-12H3/i15D,16D,23D,24D. The molecule has 0 bridgehead atoms. The van der Waals surface area contributed by atoms with Gasteiger partial charge in [-0.05, 0) is 142 Å². The largest absolute Gasteiger partial charge is 0.335 e. The number of nitrogens with zero attached hydrogens (tertiary/aromatic N) is 3. The Morgan fingerprint density at radius 3 is 1.91 bits per heavy atom. The van der Waals surface area contributed by atoms with Crippen LogP contribution in [0.4, 0.5) is 22.7 Å². The molecule has 348 valence electrons. The van der Waals surface area contributed by atoms with Crippen molar-refractivity contribution in [2.45, 2.75) is 173 Å². The van der Waals surface area contributed by atoms with Crippen molar-refractivity contribution in [2.24, 2.45) is 0 Å². The van der Waals surface area contributed by atoms with E-state index in [1.54, 1.807) is 0 Å². The molecule has 14 rings (SSSR count). The summed E-state index contributed by atoms with van der Waals surface area (Å²) in [7, 11) is 0. The molecule has 0 spiro atoms. The van der Waals surface area contributed by atoms with Crippen molar-refractivity contribution >= 4 is 56.8 Å². The monoisotopic (exact) mass is 908 g/mol. The van der Waals surface area contributed by atoms with Gasteiger partial charge in [-0.15, -0.1) is 0 Å². The Bertz CT molecular complexity index is 3670. The third-order valence-corrected chi connectivity index (χ3v) is 20.2. The second-order valence-electron chi connectivity index (χ2n) is 26.1. The zero-order valence-corrected chi connectivity index (χ0v) is 43.2. The normalized spacial score (nSPS) is 27.2. The average molecular weight is 908 g/mol. The summed E-state index contributed by atoms with van der Waals surface area (Å²) in [6.07, 6.45) is 8.38. The molecule has 3 aliphatic carbocycles. The van der Waals surface area contributed by atoms with Gasteiger partial charge in [-0.3, -0.25) is 0 Å². The van der Waals surface area contributed by atoms with Gasteiger partial charge in [-0.2, -0.15) is 0 Å². The Kier molecular flexibility index (Phi) is 7.26. The summed E-state index contributed by atoms with van der Waals surface area (Å²) in [6.45, 7) is 28.7. The fraction of sp³-hybridized carbons (Fsp3) is 0.415. The fourth-order valence-electron chi connectivity index (χ4n) is 16.0. The Labute approximate surface area is 418 Å². The van der Waals surface area contributed by atoms with Crippen LogP contribution in [0.15, 0.2) is 109 Å². The first-order valence-electron chi connectivity index (χ1n) is 28.4. The van der Waals surface area contributed by atoms with Gasteiger partial charge in [0, 0.05) is 61.1 Å². The molecule has 7 aromatic rings. The van der Waals surface area contributed by atoms with Crippen molar-refractivity contribution in [1.29, 1.82) is 0 Å². The van der Waals surface area contributed by atoms with Gasteiger partial charge in [0.25, 0.3) is 6.71 Å². The van der Waals surface area contributed by atoms with E-state index in [0.29, 0.717) is 5.69 Å². The number of hydrogen-bond donors (Lipinski definition) is 0. The van der Waals surface area contributed by atoms with Crippen LogP contribution in [0.2, 0.25) is 0 Å². The minimum atomic E-state index is -0.500. The highest BCUT2D eigenvalue weighted by atomic mass is 15.3. The third kappa shape index (κ3) is 4.98. The third-order valence-electron chi connectivity index (χ3n) is 20.2.